The topological polar surface area (TPSA) is 52.7 Å². The smallest absolute Gasteiger partial charge is 0.254 e. The summed E-state index contributed by atoms with van der Waals surface area (Å²) >= 11 is 0. The summed E-state index contributed by atoms with van der Waals surface area (Å²) in [5.41, 5.74) is -0.297. The van der Waals surface area contributed by atoms with E-state index in [9.17, 15) is 27.2 Å². The molecule has 0 atom stereocenters. The van der Waals surface area contributed by atoms with E-state index < -0.39 is 24.0 Å². The number of hydrogen-bond donors (Lipinski definition) is 1. The predicted molar refractivity (Wildman–Crippen MR) is 82.3 cm³/mol. The SMILES string of the molecule is O=C(NCCC(=O)N1CCN(CC(F)F)CC1)c1ccc(F)cc1F. The second-order valence-corrected chi connectivity index (χ2v) is 5.70. The molecule has 1 N–H and O–H groups in total. The Hall–Kier alpha value is -2.16. The number of nitrogens with one attached hydrogen (secondary N) is 1. The van der Waals surface area contributed by atoms with Crippen LogP contribution in [0.25, 0.3) is 0 Å². The third-order valence-corrected chi connectivity index (χ3v) is 3.92. The monoisotopic (exact) mass is 361 g/mol. The molecule has 1 aliphatic rings. The zero-order valence-electron chi connectivity index (χ0n) is 13.5. The van der Waals surface area contributed by atoms with Gasteiger partial charge in [-0.2, -0.15) is 0 Å². The summed E-state index contributed by atoms with van der Waals surface area (Å²) in [7, 11) is 0. The van der Waals surface area contributed by atoms with Gasteiger partial charge in [0.1, 0.15) is 11.6 Å². The Balaban J connectivity index is 1.73. The summed E-state index contributed by atoms with van der Waals surface area (Å²) in [5.74, 6) is -2.70. The van der Waals surface area contributed by atoms with Crippen molar-refractivity contribution in [1.29, 1.82) is 0 Å². The average molecular weight is 361 g/mol. The molecule has 0 aromatic heterocycles. The van der Waals surface area contributed by atoms with Gasteiger partial charge in [-0.15, -0.1) is 0 Å². The number of carbonyl (C=O) groups is 2. The van der Waals surface area contributed by atoms with Gasteiger partial charge in [0, 0.05) is 45.2 Å². The lowest BCUT2D eigenvalue weighted by molar-refractivity contribution is -0.133. The molecule has 2 rings (SSSR count). The van der Waals surface area contributed by atoms with Crippen LogP contribution in [0, 0.1) is 11.6 Å². The first-order valence-corrected chi connectivity index (χ1v) is 7.88. The van der Waals surface area contributed by atoms with Crippen molar-refractivity contribution in [3.63, 3.8) is 0 Å². The summed E-state index contributed by atoms with van der Waals surface area (Å²) in [6, 6.07) is 2.62. The first-order chi connectivity index (χ1) is 11.9. The standard InChI is InChI=1S/C16H19F4N3O2/c17-11-1-2-12(13(18)9-11)16(25)21-4-3-15(24)23-7-5-22(6-8-23)10-14(19)20/h1-2,9,14H,3-8,10H2,(H,21,25). The molecular formula is C16H19F4N3O2. The Labute approximate surface area is 142 Å². The minimum Gasteiger partial charge on any atom is -0.351 e. The lowest BCUT2D eigenvalue weighted by atomic mass is 10.2. The van der Waals surface area contributed by atoms with E-state index in [4.69, 9.17) is 0 Å². The van der Waals surface area contributed by atoms with E-state index in [2.05, 4.69) is 5.32 Å². The van der Waals surface area contributed by atoms with Gasteiger partial charge in [-0.25, -0.2) is 17.6 Å². The Kier molecular flexibility index (Phi) is 6.74. The van der Waals surface area contributed by atoms with Gasteiger partial charge in [-0.3, -0.25) is 14.5 Å². The van der Waals surface area contributed by atoms with Crippen LogP contribution in [0.2, 0.25) is 0 Å². The van der Waals surface area contributed by atoms with Crippen LogP contribution in [0.3, 0.4) is 0 Å². The van der Waals surface area contributed by atoms with E-state index in [-0.39, 0.29) is 31.0 Å². The third-order valence-electron chi connectivity index (χ3n) is 3.92. The van der Waals surface area contributed by atoms with Crippen molar-refractivity contribution >= 4 is 11.8 Å². The number of hydrogen-bond acceptors (Lipinski definition) is 3. The number of amides is 2. The van der Waals surface area contributed by atoms with Crippen molar-refractivity contribution in [1.82, 2.24) is 15.1 Å². The van der Waals surface area contributed by atoms with Gasteiger partial charge < -0.3 is 10.2 Å². The minimum absolute atomic E-state index is 0.00569. The van der Waals surface area contributed by atoms with Crippen LogP contribution in [0.1, 0.15) is 16.8 Å². The molecule has 5 nitrogen and oxygen atoms in total. The van der Waals surface area contributed by atoms with Gasteiger partial charge in [0.15, 0.2) is 0 Å². The lowest BCUT2D eigenvalue weighted by Gasteiger charge is -2.34. The first kappa shape index (κ1) is 19.2. The number of nitrogens with zero attached hydrogens (tertiary/aromatic N) is 2. The summed E-state index contributed by atoms with van der Waals surface area (Å²) < 4.78 is 50.9. The van der Waals surface area contributed by atoms with Crippen LogP contribution in [-0.4, -0.2) is 67.3 Å². The maximum Gasteiger partial charge on any atom is 0.254 e. The quantitative estimate of drug-likeness (QED) is 0.782. The molecule has 25 heavy (non-hydrogen) atoms. The molecule has 0 unspecified atom stereocenters. The number of rotatable bonds is 6. The third kappa shape index (κ3) is 5.70. The molecule has 1 aromatic rings. The molecule has 1 fully saturated rings. The Morgan fingerprint density at radius 2 is 1.80 bits per heavy atom. The van der Waals surface area contributed by atoms with Crippen LogP contribution in [-0.2, 0) is 4.79 Å². The van der Waals surface area contributed by atoms with E-state index in [0.29, 0.717) is 32.2 Å². The molecule has 0 spiro atoms. The molecule has 138 valence electrons. The van der Waals surface area contributed by atoms with Crippen molar-refractivity contribution in [2.24, 2.45) is 0 Å². The molecule has 0 radical (unpaired) electrons. The minimum atomic E-state index is -2.40. The van der Waals surface area contributed by atoms with Crippen LogP contribution in [0.5, 0.6) is 0 Å². The fraction of sp³-hybridized carbons (Fsp3) is 0.500. The summed E-state index contributed by atoms with van der Waals surface area (Å²) in [6.07, 6.45) is -2.38. The average Bonchev–Trinajstić information content (AvgIpc) is 2.54. The Bertz CT molecular complexity index is 619. The normalized spacial score (nSPS) is 15.5. The van der Waals surface area contributed by atoms with E-state index in [1.807, 2.05) is 0 Å². The highest BCUT2D eigenvalue weighted by molar-refractivity contribution is 5.94. The zero-order chi connectivity index (χ0) is 18.4. The van der Waals surface area contributed by atoms with Crippen LogP contribution >= 0.6 is 0 Å². The van der Waals surface area contributed by atoms with Gasteiger partial charge in [-0.1, -0.05) is 0 Å². The maximum atomic E-state index is 13.5. The molecule has 0 aliphatic carbocycles. The molecule has 1 saturated heterocycles. The van der Waals surface area contributed by atoms with Gasteiger partial charge in [-0.05, 0) is 12.1 Å². The van der Waals surface area contributed by atoms with E-state index in [1.165, 1.54) is 0 Å². The second kappa shape index (κ2) is 8.80. The fourth-order valence-electron chi connectivity index (χ4n) is 2.58. The highest BCUT2D eigenvalue weighted by Gasteiger charge is 2.22. The van der Waals surface area contributed by atoms with Gasteiger partial charge in [0.25, 0.3) is 12.3 Å². The summed E-state index contributed by atoms with van der Waals surface area (Å²) in [4.78, 5) is 27.0. The lowest BCUT2D eigenvalue weighted by Crippen LogP contribution is -2.50. The second-order valence-electron chi connectivity index (χ2n) is 5.70. The van der Waals surface area contributed by atoms with E-state index >= 15 is 0 Å². The number of piperazine rings is 1. The van der Waals surface area contributed by atoms with Crippen LogP contribution in [0.15, 0.2) is 18.2 Å². The molecule has 9 heteroatoms. The van der Waals surface area contributed by atoms with Gasteiger partial charge in [0.2, 0.25) is 5.91 Å². The predicted octanol–water partition coefficient (Wildman–Crippen LogP) is 1.49. The van der Waals surface area contributed by atoms with E-state index in [0.717, 1.165) is 12.1 Å². The van der Waals surface area contributed by atoms with Gasteiger partial charge in [0.05, 0.1) is 12.1 Å². The van der Waals surface area contributed by atoms with E-state index in [1.54, 1.807) is 9.80 Å². The van der Waals surface area contributed by atoms with Crippen LogP contribution < -0.4 is 5.32 Å². The summed E-state index contributed by atoms with van der Waals surface area (Å²) in [5, 5.41) is 2.41. The highest BCUT2D eigenvalue weighted by atomic mass is 19.3. The van der Waals surface area contributed by atoms with Crippen molar-refractivity contribution in [2.75, 3.05) is 39.3 Å². The molecule has 0 saturated carbocycles. The maximum absolute atomic E-state index is 13.5. The van der Waals surface area contributed by atoms with Crippen molar-refractivity contribution in [3.05, 3.63) is 35.4 Å². The number of benzene rings is 1. The first-order valence-electron chi connectivity index (χ1n) is 7.88. The van der Waals surface area contributed by atoms with Gasteiger partial charge >= 0.3 is 0 Å². The molecule has 1 heterocycles. The van der Waals surface area contributed by atoms with Crippen molar-refractivity contribution in [2.45, 2.75) is 12.8 Å². The van der Waals surface area contributed by atoms with Crippen molar-refractivity contribution < 1.29 is 27.2 Å². The van der Waals surface area contributed by atoms with Crippen molar-refractivity contribution in [3.8, 4) is 0 Å². The zero-order valence-corrected chi connectivity index (χ0v) is 13.5. The Morgan fingerprint density at radius 3 is 2.40 bits per heavy atom. The highest BCUT2D eigenvalue weighted by Crippen LogP contribution is 2.10. The number of carbonyl (C=O) groups excluding carboxylic acids is 2. The molecular weight excluding hydrogens is 342 g/mol. The molecule has 2 amide bonds. The van der Waals surface area contributed by atoms with Crippen LogP contribution in [0.4, 0.5) is 17.6 Å². The number of halogens is 4. The molecule has 1 aliphatic heterocycles. The number of alkyl halides is 2. The molecule has 0 bridgehead atoms. The molecule has 1 aromatic carbocycles. The largest absolute Gasteiger partial charge is 0.351 e. The fourth-order valence-corrected chi connectivity index (χ4v) is 2.58. The summed E-state index contributed by atoms with van der Waals surface area (Å²) in [6.45, 7) is 1.16. The Morgan fingerprint density at radius 1 is 1.12 bits per heavy atom.